The molecule has 5 aliphatic rings. The predicted molar refractivity (Wildman–Crippen MR) is 104 cm³/mol. The van der Waals surface area contributed by atoms with Gasteiger partial charge in [-0.05, 0) is 20.9 Å². The van der Waals surface area contributed by atoms with Crippen molar-refractivity contribution >= 4 is 23.4 Å². The van der Waals surface area contributed by atoms with Crippen LogP contribution in [0, 0.1) is 5.92 Å². The lowest BCUT2D eigenvalue weighted by atomic mass is 9.80. The summed E-state index contributed by atoms with van der Waals surface area (Å²) in [5.74, 6) is -1.49. The number of nitrogens with zero attached hydrogens (tertiary/aromatic N) is 2. The number of fused-ring (bicyclic) bond motifs is 4. The van der Waals surface area contributed by atoms with Gasteiger partial charge in [0.25, 0.3) is 0 Å². The standard InChI is InChI=1S/C21H23N3O7/c1-8(25)10-5-11-16(26)15-14(17(27)18(11)31-9(10)2)12(7-30-20(22)28)21(29-4)19-13(23(19)3)6-24(15)21/h12-13,19H,5-7H2,1-4H3,(H2,22,28)/t12-,13+,19+,21-,23?/m1/s1. The molecule has 10 heteroatoms. The number of primary amides is 1. The number of carbonyl (C=O) groups excluding carboxylic acids is 4. The second-order valence-electron chi connectivity index (χ2n) is 8.52. The van der Waals surface area contributed by atoms with Gasteiger partial charge in [-0.2, -0.15) is 0 Å². The summed E-state index contributed by atoms with van der Waals surface area (Å²) in [6.45, 7) is 3.30. The molecule has 0 bridgehead atoms. The van der Waals surface area contributed by atoms with Crippen molar-refractivity contribution in [2.75, 3.05) is 27.3 Å². The average Bonchev–Trinajstić information content (AvgIpc) is 3.08. The number of hydrogen-bond acceptors (Lipinski definition) is 9. The molecular formula is C21H23N3O7. The van der Waals surface area contributed by atoms with Crippen LogP contribution in [0.3, 0.4) is 0 Å². The normalized spacial score (nSPS) is 35.5. The van der Waals surface area contributed by atoms with Crippen molar-refractivity contribution in [3.63, 3.8) is 0 Å². The van der Waals surface area contributed by atoms with E-state index in [1.165, 1.54) is 14.0 Å². The number of allylic oxidation sites excluding steroid dienone is 4. The highest BCUT2D eigenvalue weighted by Gasteiger charge is 2.75. The van der Waals surface area contributed by atoms with E-state index in [2.05, 4.69) is 4.90 Å². The molecule has 0 aromatic rings. The number of rotatable bonds is 4. The summed E-state index contributed by atoms with van der Waals surface area (Å²) in [5.41, 5.74) is 5.17. The highest BCUT2D eigenvalue weighted by atomic mass is 16.6. The monoisotopic (exact) mass is 429 g/mol. The van der Waals surface area contributed by atoms with Crippen LogP contribution in [0.2, 0.25) is 0 Å². The lowest BCUT2D eigenvalue weighted by molar-refractivity contribution is -0.144. The second-order valence-corrected chi connectivity index (χ2v) is 8.52. The Bertz CT molecular complexity index is 1070. The number of ether oxygens (including phenoxy) is 3. The number of amides is 1. The maximum absolute atomic E-state index is 13.6. The van der Waals surface area contributed by atoms with Crippen LogP contribution in [0.4, 0.5) is 4.79 Å². The van der Waals surface area contributed by atoms with Gasteiger partial charge in [0, 0.05) is 37.3 Å². The molecule has 164 valence electrons. The van der Waals surface area contributed by atoms with Crippen LogP contribution in [0.15, 0.2) is 33.9 Å². The number of carbonyl (C=O) groups is 4. The zero-order chi connectivity index (χ0) is 22.4. The summed E-state index contributed by atoms with van der Waals surface area (Å²) < 4.78 is 16.8. The Kier molecular flexibility index (Phi) is 4.03. The summed E-state index contributed by atoms with van der Waals surface area (Å²) >= 11 is 0. The van der Waals surface area contributed by atoms with E-state index < -0.39 is 23.5 Å². The molecule has 2 saturated heterocycles. The van der Waals surface area contributed by atoms with Crippen LogP contribution in [-0.4, -0.2) is 78.4 Å². The van der Waals surface area contributed by atoms with E-state index in [0.29, 0.717) is 17.9 Å². The van der Waals surface area contributed by atoms with Gasteiger partial charge in [-0.1, -0.05) is 0 Å². The number of hydrogen-bond donors (Lipinski definition) is 1. The lowest BCUT2D eigenvalue weighted by Gasteiger charge is -2.40. The van der Waals surface area contributed by atoms with E-state index in [0.717, 1.165) is 0 Å². The van der Waals surface area contributed by atoms with E-state index in [1.54, 1.807) is 6.92 Å². The van der Waals surface area contributed by atoms with Gasteiger partial charge in [-0.25, -0.2) is 4.79 Å². The van der Waals surface area contributed by atoms with Gasteiger partial charge in [0.05, 0.1) is 23.2 Å². The predicted octanol–water partition coefficient (Wildman–Crippen LogP) is -0.00430. The van der Waals surface area contributed by atoms with Gasteiger partial charge in [-0.15, -0.1) is 0 Å². The van der Waals surface area contributed by atoms with Crippen LogP contribution in [0.5, 0.6) is 0 Å². The van der Waals surface area contributed by atoms with Crippen LogP contribution in [0.25, 0.3) is 0 Å². The first-order chi connectivity index (χ1) is 14.6. The molecule has 0 radical (unpaired) electrons. The average molecular weight is 429 g/mol. The first-order valence-electron chi connectivity index (χ1n) is 10.1. The number of methoxy groups -OCH3 is 1. The van der Waals surface area contributed by atoms with Crippen molar-refractivity contribution in [3.8, 4) is 0 Å². The topological polar surface area (TPSA) is 128 Å². The number of likely N-dealkylation sites (N-methyl/N-ethyl adjacent to an activating group) is 1. The molecule has 0 aromatic carbocycles. The first kappa shape index (κ1) is 20.0. The maximum atomic E-state index is 13.6. The number of piperazine rings is 1. The Morgan fingerprint density at radius 2 is 2.00 bits per heavy atom. The molecule has 5 rings (SSSR count). The molecule has 10 nitrogen and oxygen atoms in total. The van der Waals surface area contributed by atoms with E-state index >= 15 is 0 Å². The van der Waals surface area contributed by atoms with Gasteiger partial charge in [0.15, 0.2) is 17.3 Å². The van der Waals surface area contributed by atoms with Crippen molar-refractivity contribution < 1.29 is 33.4 Å². The molecule has 5 atom stereocenters. The molecule has 0 saturated carbocycles. The Morgan fingerprint density at radius 1 is 1.29 bits per heavy atom. The highest BCUT2D eigenvalue weighted by molar-refractivity contribution is 6.26. The van der Waals surface area contributed by atoms with Gasteiger partial charge >= 0.3 is 6.09 Å². The summed E-state index contributed by atoms with van der Waals surface area (Å²) in [4.78, 5) is 54.5. The maximum Gasteiger partial charge on any atom is 0.404 e. The van der Waals surface area contributed by atoms with Crippen molar-refractivity contribution in [3.05, 3.63) is 33.9 Å². The van der Waals surface area contributed by atoms with Gasteiger partial charge in [0.2, 0.25) is 11.6 Å². The van der Waals surface area contributed by atoms with Crippen LogP contribution >= 0.6 is 0 Å². The fourth-order valence-electron chi connectivity index (χ4n) is 5.78. The molecule has 2 N–H and O–H groups in total. The van der Waals surface area contributed by atoms with Crippen LogP contribution < -0.4 is 5.73 Å². The van der Waals surface area contributed by atoms with E-state index in [4.69, 9.17) is 19.9 Å². The number of Topliss-reactive ketones (excluding diaryl/α,β-unsaturated/α-hetero) is 3. The Morgan fingerprint density at radius 3 is 2.61 bits per heavy atom. The Balaban J connectivity index is 1.61. The summed E-state index contributed by atoms with van der Waals surface area (Å²) in [5, 5.41) is 0. The Labute approximate surface area is 178 Å². The minimum absolute atomic E-state index is 0.0425. The van der Waals surface area contributed by atoms with Crippen LogP contribution in [-0.2, 0) is 28.6 Å². The minimum Gasteiger partial charge on any atom is -0.457 e. The first-order valence-corrected chi connectivity index (χ1v) is 10.1. The molecule has 1 unspecified atom stereocenters. The molecule has 1 aliphatic carbocycles. The van der Waals surface area contributed by atoms with Crippen molar-refractivity contribution in [1.29, 1.82) is 0 Å². The number of nitrogens with two attached hydrogens (primary N) is 1. The highest BCUT2D eigenvalue weighted by Crippen LogP contribution is 2.59. The molecule has 2 fully saturated rings. The zero-order valence-corrected chi connectivity index (χ0v) is 17.7. The molecule has 31 heavy (non-hydrogen) atoms. The molecule has 4 heterocycles. The van der Waals surface area contributed by atoms with Gasteiger partial charge in [-0.3, -0.25) is 19.3 Å². The molecule has 0 spiro atoms. The summed E-state index contributed by atoms with van der Waals surface area (Å²) in [6.07, 6.45) is -0.931. The third kappa shape index (κ3) is 2.34. The fraction of sp³-hybridized carbons (Fsp3) is 0.524. The SMILES string of the molecule is CO[C@@]12[C@H](COC(N)=O)C3=C(C(=O)C4=C(OC(C)=C(C(C)=O)C4)C3=O)N1C[C@H]1[C@@H]2N1C. The van der Waals surface area contributed by atoms with Crippen LogP contribution in [0.1, 0.15) is 20.3 Å². The van der Waals surface area contributed by atoms with E-state index in [1.807, 2.05) is 11.9 Å². The largest absolute Gasteiger partial charge is 0.457 e. The fourth-order valence-corrected chi connectivity index (χ4v) is 5.78. The molecule has 4 aliphatic heterocycles. The third-order valence-electron chi connectivity index (χ3n) is 7.22. The van der Waals surface area contributed by atoms with Crippen molar-refractivity contribution in [2.24, 2.45) is 11.7 Å². The van der Waals surface area contributed by atoms with E-state index in [-0.39, 0.29) is 59.3 Å². The van der Waals surface area contributed by atoms with Crippen molar-refractivity contribution in [1.82, 2.24) is 9.80 Å². The van der Waals surface area contributed by atoms with E-state index in [9.17, 15) is 19.2 Å². The summed E-state index contributed by atoms with van der Waals surface area (Å²) in [6, 6.07) is 0.0802. The quantitative estimate of drug-likeness (QED) is 0.485. The second kappa shape index (κ2) is 6.27. The van der Waals surface area contributed by atoms with Gasteiger partial charge < -0.3 is 24.8 Å². The molecule has 0 aromatic heterocycles. The summed E-state index contributed by atoms with van der Waals surface area (Å²) in [7, 11) is 3.47. The third-order valence-corrected chi connectivity index (χ3v) is 7.22. The molecule has 1 amide bonds. The minimum atomic E-state index is -1.04. The van der Waals surface area contributed by atoms with Gasteiger partial charge in [0.1, 0.15) is 12.4 Å². The zero-order valence-electron chi connectivity index (χ0n) is 17.7. The molecular weight excluding hydrogens is 406 g/mol. The smallest absolute Gasteiger partial charge is 0.404 e. The Hall–Kier alpha value is -2.98. The van der Waals surface area contributed by atoms with Crippen molar-refractivity contribution in [2.45, 2.75) is 38.1 Å². The lowest BCUT2D eigenvalue weighted by Crippen LogP contribution is -2.55. The number of ketones is 3.